The SMILES string of the molecule is CCc1ccc(NC(C)C(=O)Nc2ccc(Cl)cc2)cc1. The molecule has 0 saturated heterocycles. The minimum Gasteiger partial charge on any atom is -0.374 e. The van der Waals surface area contributed by atoms with E-state index in [1.54, 1.807) is 24.3 Å². The first-order valence-corrected chi connectivity index (χ1v) is 7.38. The normalized spacial score (nSPS) is 11.8. The fraction of sp³-hybridized carbons (Fsp3) is 0.235. The molecule has 0 aromatic heterocycles. The second-order valence-corrected chi connectivity index (χ2v) is 5.35. The highest BCUT2D eigenvalue weighted by Gasteiger charge is 2.12. The number of anilines is 2. The van der Waals surface area contributed by atoms with Gasteiger partial charge in [0, 0.05) is 16.4 Å². The van der Waals surface area contributed by atoms with E-state index in [0.29, 0.717) is 5.02 Å². The van der Waals surface area contributed by atoms with Crippen molar-refractivity contribution < 1.29 is 4.79 Å². The highest BCUT2D eigenvalue weighted by molar-refractivity contribution is 6.30. The van der Waals surface area contributed by atoms with Gasteiger partial charge in [-0.2, -0.15) is 0 Å². The molecule has 0 aliphatic rings. The van der Waals surface area contributed by atoms with Crippen molar-refractivity contribution >= 4 is 28.9 Å². The van der Waals surface area contributed by atoms with E-state index in [-0.39, 0.29) is 11.9 Å². The first-order chi connectivity index (χ1) is 10.1. The Morgan fingerprint density at radius 3 is 2.19 bits per heavy atom. The molecule has 3 nitrogen and oxygen atoms in total. The van der Waals surface area contributed by atoms with Gasteiger partial charge in [-0.3, -0.25) is 4.79 Å². The molecule has 0 saturated carbocycles. The van der Waals surface area contributed by atoms with Gasteiger partial charge in [-0.05, 0) is 55.3 Å². The van der Waals surface area contributed by atoms with E-state index in [9.17, 15) is 4.79 Å². The molecule has 2 aromatic carbocycles. The molecule has 1 atom stereocenters. The van der Waals surface area contributed by atoms with E-state index in [0.717, 1.165) is 17.8 Å². The van der Waals surface area contributed by atoms with E-state index in [2.05, 4.69) is 29.7 Å². The molecule has 0 aliphatic carbocycles. The number of benzene rings is 2. The van der Waals surface area contributed by atoms with Crippen LogP contribution in [0.1, 0.15) is 19.4 Å². The summed E-state index contributed by atoms with van der Waals surface area (Å²) in [6.45, 7) is 3.95. The molecule has 2 aromatic rings. The number of aryl methyl sites for hydroxylation is 1. The summed E-state index contributed by atoms with van der Waals surface area (Å²) < 4.78 is 0. The number of rotatable bonds is 5. The monoisotopic (exact) mass is 302 g/mol. The van der Waals surface area contributed by atoms with Gasteiger partial charge in [0.25, 0.3) is 0 Å². The van der Waals surface area contributed by atoms with Crippen molar-refractivity contribution in [2.45, 2.75) is 26.3 Å². The van der Waals surface area contributed by atoms with Crippen molar-refractivity contribution in [2.75, 3.05) is 10.6 Å². The number of carbonyl (C=O) groups is 1. The van der Waals surface area contributed by atoms with Crippen molar-refractivity contribution in [3.05, 3.63) is 59.1 Å². The van der Waals surface area contributed by atoms with Crippen molar-refractivity contribution in [1.82, 2.24) is 0 Å². The fourth-order valence-electron chi connectivity index (χ4n) is 1.94. The lowest BCUT2D eigenvalue weighted by Crippen LogP contribution is -2.31. The zero-order valence-electron chi connectivity index (χ0n) is 12.2. The molecule has 1 amide bonds. The number of amides is 1. The number of hydrogen-bond donors (Lipinski definition) is 2. The fourth-order valence-corrected chi connectivity index (χ4v) is 2.06. The van der Waals surface area contributed by atoms with Crippen LogP contribution in [0.3, 0.4) is 0 Å². The Labute approximate surface area is 130 Å². The van der Waals surface area contributed by atoms with Crippen LogP contribution >= 0.6 is 11.6 Å². The highest BCUT2D eigenvalue weighted by atomic mass is 35.5. The van der Waals surface area contributed by atoms with Crippen LogP contribution in [0.15, 0.2) is 48.5 Å². The van der Waals surface area contributed by atoms with Gasteiger partial charge in [-0.25, -0.2) is 0 Å². The second-order valence-electron chi connectivity index (χ2n) is 4.91. The lowest BCUT2D eigenvalue weighted by Gasteiger charge is -2.15. The molecule has 0 radical (unpaired) electrons. The Kier molecular flexibility index (Phi) is 5.23. The third kappa shape index (κ3) is 4.50. The van der Waals surface area contributed by atoms with E-state index < -0.39 is 0 Å². The molecule has 0 aliphatic heterocycles. The van der Waals surface area contributed by atoms with Gasteiger partial charge in [0.2, 0.25) is 5.91 Å². The van der Waals surface area contributed by atoms with Gasteiger partial charge >= 0.3 is 0 Å². The number of hydrogen-bond acceptors (Lipinski definition) is 2. The van der Waals surface area contributed by atoms with Crippen LogP contribution in [0.4, 0.5) is 11.4 Å². The van der Waals surface area contributed by atoms with Crippen LogP contribution in [0.5, 0.6) is 0 Å². The van der Waals surface area contributed by atoms with Gasteiger partial charge in [0.15, 0.2) is 0 Å². The van der Waals surface area contributed by atoms with Crippen LogP contribution in [-0.2, 0) is 11.2 Å². The van der Waals surface area contributed by atoms with Gasteiger partial charge in [-0.15, -0.1) is 0 Å². The summed E-state index contributed by atoms with van der Waals surface area (Å²) in [6.07, 6.45) is 1.01. The van der Waals surface area contributed by atoms with Crippen LogP contribution in [0.25, 0.3) is 0 Å². The Hall–Kier alpha value is -2.00. The maximum Gasteiger partial charge on any atom is 0.246 e. The predicted octanol–water partition coefficient (Wildman–Crippen LogP) is 4.34. The third-order valence-corrected chi connectivity index (χ3v) is 3.50. The van der Waals surface area contributed by atoms with Crippen LogP contribution < -0.4 is 10.6 Å². The summed E-state index contributed by atoms with van der Waals surface area (Å²) in [5, 5.41) is 6.69. The standard InChI is InChI=1S/C17H19ClN2O/c1-3-13-4-8-15(9-5-13)19-12(2)17(21)20-16-10-6-14(18)7-11-16/h4-12,19H,3H2,1-2H3,(H,20,21). The highest BCUT2D eigenvalue weighted by Crippen LogP contribution is 2.15. The molecule has 4 heteroatoms. The van der Waals surface area contributed by atoms with Crippen LogP contribution in [0.2, 0.25) is 5.02 Å². The Bertz CT molecular complexity index is 593. The third-order valence-electron chi connectivity index (χ3n) is 3.25. The van der Waals surface area contributed by atoms with Crippen molar-refractivity contribution in [1.29, 1.82) is 0 Å². The van der Waals surface area contributed by atoms with Gasteiger partial charge < -0.3 is 10.6 Å². The van der Waals surface area contributed by atoms with Crippen molar-refractivity contribution in [3.63, 3.8) is 0 Å². The molecule has 0 spiro atoms. The summed E-state index contributed by atoms with van der Waals surface area (Å²) in [5.74, 6) is -0.0862. The molecular formula is C17H19ClN2O. The second kappa shape index (κ2) is 7.14. The predicted molar refractivity (Wildman–Crippen MR) is 89.0 cm³/mol. The average molecular weight is 303 g/mol. The average Bonchev–Trinajstić information content (AvgIpc) is 2.50. The minimum absolute atomic E-state index is 0.0862. The summed E-state index contributed by atoms with van der Waals surface area (Å²) >= 11 is 5.82. The van der Waals surface area contributed by atoms with Crippen molar-refractivity contribution in [3.8, 4) is 0 Å². The Morgan fingerprint density at radius 2 is 1.62 bits per heavy atom. The molecule has 2 rings (SSSR count). The van der Waals surface area contributed by atoms with Crippen molar-refractivity contribution in [2.24, 2.45) is 0 Å². The quantitative estimate of drug-likeness (QED) is 0.862. The van der Waals surface area contributed by atoms with E-state index in [1.807, 2.05) is 19.1 Å². The molecule has 2 N–H and O–H groups in total. The summed E-state index contributed by atoms with van der Waals surface area (Å²) in [4.78, 5) is 12.1. The van der Waals surface area contributed by atoms with Gasteiger partial charge in [-0.1, -0.05) is 30.7 Å². The summed E-state index contributed by atoms with van der Waals surface area (Å²) in [5.41, 5.74) is 2.95. The van der Waals surface area contributed by atoms with E-state index >= 15 is 0 Å². The first-order valence-electron chi connectivity index (χ1n) is 7.00. The lowest BCUT2D eigenvalue weighted by atomic mass is 10.1. The molecule has 21 heavy (non-hydrogen) atoms. The lowest BCUT2D eigenvalue weighted by molar-refractivity contribution is -0.116. The van der Waals surface area contributed by atoms with Crippen LogP contribution in [-0.4, -0.2) is 11.9 Å². The van der Waals surface area contributed by atoms with Crippen LogP contribution in [0, 0.1) is 0 Å². The molecule has 0 fully saturated rings. The van der Waals surface area contributed by atoms with E-state index in [4.69, 9.17) is 11.6 Å². The van der Waals surface area contributed by atoms with Gasteiger partial charge in [0.1, 0.15) is 6.04 Å². The van der Waals surface area contributed by atoms with Gasteiger partial charge in [0.05, 0.1) is 0 Å². The largest absolute Gasteiger partial charge is 0.374 e. The number of nitrogens with one attached hydrogen (secondary N) is 2. The van der Waals surface area contributed by atoms with E-state index in [1.165, 1.54) is 5.56 Å². The summed E-state index contributed by atoms with van der Waals surface area (Å²) in [6, 6.07) is 14.8. The smallest absolute Gasteiger partial charge is 0.246 e. The molecule has 0 heterocycles. The Morgan fingerprint density at radius 1 is 1.05 bits per heavy atom. The molecule has 110 valence electrons. The maximum absolute atomic E-state index is 12.1. The number of carbonyl (C=O) groups excluding carboxylic acids is 1. The molecule has 0 bridgehead atoms. The topological polar surface area (TPSA) is 41.1 Å². The first kappa shape index (κ1) is 15.4. The molecule has 1 unspecified atom stereocenters. The zero-order chi connectivity index (χ0) is 15.2. The maximum atomic E-state index is 12.1. The minimum atomic E-state index is -0.326. The zero-order valence-corrected chi connectivity index (χ0v) is 12.9. The Balaban J connectivity index is 1.93. The number of halogens is 1. The molecular weight excluding hydrogens is 284 g/mol. The summed E-state index contributed by atoms with van der Waals surface area (Å²) in [7, 11) is 0.